The van der Waals surface area contributed by atoms with Gasteiger partial charge >= 0.3 is 5.97 Å². The Bertz CT molecular complexity index is 548. The summed E-state index contributed by atoms with van der Waals surface area (Å²) in [6.45, 7) is 1.23. The van der Waals surface area contributed by atoms with Gasteiger partial charge in [0.1, 0.15) is 0 Å². The molecular formula is C13H15NO5S. The van der Waals surface area contributed by atoms with Crippen LogP contribution in [-0.4, -0.2) is 51.7 Å². The number of carboxylic acids is 1. The molecule has 0 aliphatic carbocycles. The number of hydrogen-bond acceptors (Lipinski definition) is 5. The molecule has 20 heavy (non-hydrogen) atoms. The minimum absolute atomic E-state index is 0.0592. The third kappa shape index (κ3) is 2.79. The van der Waals surface area contributed by atoms with Crippen molar-refractivity contribution in [2.24, 2.45) is 0 Å². The molecule has 2 rings (SSSR count). The fourth-order valence-corrected chi connectivity index (χ4v) is 3.04. The van der Waals surface area contributed by atoms with E-state index in [0.717, 1.165) is 4.90 Å². The maximum atomic E-state index is 12.2. The number of carbonyl (C=O) groups is 2. The standard InChI is InChI=1S/C13H15NO5S/c1-7-12(17)14(5-9(16)6-15)10-4-8(13(18)19)2-3-11(10)20-7/h2-4,7,9,15-16H,5-6H2,1H3,(H,18,19). The van der Waals surface area contributed by atoms with Gasteiger partial charge in [0.2, 0.25) is 5.91 Å². The van der Waals surface area contributed by atoms with Crippen molar-refractivity contribution in [3.8, 4) is 0 Å². The first-order valence-corrected chi connectivity index (χ1v) is 6.96. The van der Waals surface area contributed by atoms with Gasteiger partial charge in [-0.05, 0) is 25.1 Å². The molecule has 1 aromatic rings. The van der Waals surface area contributed by atoms with Crippen LogP contribution in [0.1, 0.15) is 17.3 Å². The van der Waals surface area contributed by atoms with Gasteiger partial charge < -0.3 is 20.2 Å². The van der Waals surface area contributed by atoms with E-state index < -0.39 is 18.7 Å². The van der Waals surface area contributed by atoms with Crippen LogP contribution in [0, 0.1) is 0 Å². The molecule has 0 aromatic heterocycles. The van der Waals surface area contributed by atoms with Crippen LogP contribution in [0.4, 0.5) is 5.69 Å². The normalized spacial score (nSPS) is 19.6. The second-order valence-corrected chi connectivity index (χ2v) is 5.92. The third-order valence-corrected chi connectivity index (χ3v) is 4.17. The zero-order valence-electron chi connectivity index (χ0n) is 10.8. The average Bonchev–Trinajstić information content (AvgIpc) is 2.43. The van der Waals surface area contributed by atoms with E-state index in [1.165, 1.54) is 28.8 Å². The predicted molar refractivity (Wildman–Crippen MR) is 74.2 cm³/mol. The van der Waals surface area contributed by atoms with E-state index in [-0.39, 0.29) is 23.3 Å². The molecule has 1 heterocycles. The number of β-amino-alcohol motifs (C(OH)–C–C–N with tert-alkyl or cyclic N) is 1. The fraction of sp³-hybridized carbons (Fsp3) is 0.385. The Morgan fingerprint density at radius 3 is 2.80 bits per heavy atom. The molecule has 1 aliphatic rings. The first-order valence-electron chi connectivity index (χ1n) is 6.08. The summed E-state index contributed by atoms with van der Waals surface area (Å²) in [4.78, 5) is 25.3. The van der Waals surface area contributed by atoms with Gasteiger partial charge in [-0.25, -0.2) is 4.79 Å². The Kier molecular flexibility index (Phi) is 4.32. The van der Waals surface area contributed by atoms with Gasteiger partial charge in [0.15, 0.2) is 0 Å². The highest BCUT2D eigenvalue weighted by molar-refractivity contribution is 8.00. The molecule has 2 atom stereocenters. The van der Waals surface area contributed by atoms with Gasteiger partial charge in [-0.2, -0.15) is 0 Å². The first kappa shape index (κ1) is 14.8. The number of amides is 1. The van der Waals surface area contributed by atoms with E-state index in [4.69, 9.17) is 10.2 Å². The van der Waals surface area contributed by atoms with Crippen molar-refractivity contribution < 1.29 is 24.9 Å². The molecule has 0 bridgehead atoms. The summed E-state index contributed by atoms with van der Waals surface area (Å²) < 4.78 is 0. The molecule has 108 valence electrons. The summed E-state index contributed by atoms with van der Waals surface area (Å²) in [6.07, 6.45) is -1.06. The summed E-state index contributed by atoms with van der Waals surface area (Å²) in [6, 6.07) is 4.56. The maximum absolute atomic E-state index is 12.2. The lowest BCUT2D eigenvalue weighted by Gasteiger charge is -2.33. The SMILES string of the molecule is CC1Sc2ccc(C(=O)O)cc2N(CC(O)CO)C1=O. The van der Waals surface area contributed by atoms with E-state index in [9.17, 15) is 14.7 Å². The van der Waals surface area contributed by atoms with Crippen molar-refractivity contribution in [3.05, 3.63) is 23.8 Å². The van der Waals surface area contributed by atoms with Gasteiger partial charge in [-0.1, -0.05) is 0 Å². The number of aliphatic hydroxyl groups excluding tert-OH is 2. The monoisotopic (exact) mass is 297 g/mol. The minimum atomic E-state index is -1.08. The topological polar surface area (TPSA) is 98.1 Å². The number of fused-ring (bicyclic) bond motifs is 1. The molecule has 1 amide bonds. The zero-order valence-corrected chi connectivity index (χ0v) is 11.6. The average molecular weight is 297 g/mol. The Hall–Kier alpha value is -1.57. The van der Waals surface area contributed by atoms with Crippen molar-refractivity contribution in [2.75, 3.05) is 18.1 Å². The zero-order chi connectivity index (χ0) is 14.9. The van der Waals surface area contributed by atoms with Gasteiger partial charge in [0, 0.05) is 4.90 Å². The number of rotatable bonds is 4. The van der Waals surface area contributed by atoms with Crippen LogP contribution in [0.5, 0.6) is 0 Å². The van der Waals surface area contributed by atoms with Crippen LogP contribution in [0.2, 0.25) is 0 Å². The minimum Gasteiger partial charge on any atom is -0.478 e. The van der Waals surface area contributed by atoms with E-state index in [0.29, 0.717) is 5.69 Å². The van der Waals surface area contributed by atoms with Crippen LogP contribution >= 0.6 is 11.8 Å². The van der Waals surface area contributed by atoms with E-state index in [2.05, 4.69) is 0 Å². The Labute approximate surface area is 120 Å². The molecule has 2 unspecified atom stereocenters. The van der Waals surface area contributed by atoms with Crippen molar-refractivity contribution in [1.82, 2.24) is 0 Å². The number of benzene rings is 1. The van der Waals surface area contributed by atoms with Crippen LogP contribution in [-0.2, 0) is 4.79 Å². The highest BCUT2D eigenvalue weighted by atomic mass is 32.2. The molecule has 1 aromatic carbocycles. The second-order valence-electron chi connectivity index (χ2n) is 4.53. The van der Waals surface area contributed by atoms with Crippen LogP contribution in [0.15, 0.2) is 23.1 Å². The van der Waals surface area contributed by atoms with E-state index >= 15 is 0 Å². The van der Waals surface area contributed by atoms with Crippen LogP contribution in [0.3, 0.4) is 0 Å². The lowest BCUT2D eigenvalue weighted by atomic mass is 10.1. The summed E-state index contributed by atoms with van der Waals surface area (Å²) in [7, 11) is 0. The highest BCUT2D eigenvalue weighted by Crippen LogP contribution is 2.39. The number of hydrogen-bond donors (Lipinski definition) is 3. The smallest absolute Gasteiger partial charge is 0.335 e. The number of aliphatic hydroxyl groups is 2. The van der Waals surface area contributed by atoms with Crippen molar-refractivity contribution >= 4 is 29.3 Å². The Morgan fingerprint density at radius 1 is 1.50 bits per heavy atom. The quantitative estimate of drug-likeness (QED) is 0.751. The van der Waals surface area contributed by atoms with Gasteiger partial charge in [0.25, 0.3) is 0 Å². The van der Waals surface area contributed by atoms with Gasteiger partial charge in [-0.3, -0.25) is 4.79 Å². The molecule has 0 radical (unpaired) electrons. The Morgan fingerprint density at radius 2 is 2.20 bits per heavy atom. The molecule has 1 aliphatic heterocycles. The predicted octanol–water partition coefficient (Wildman–Crippen LogP) is 0.565. The lowest BCUT2D eigenvalue weighted by molar-refractivity contribution is -0.118. The summed E-state index contributed by atoms with van der Waals surface area (Å²) in [5.74, 6) is -1.29. The second kappa shape index (κ2) is 5.82. The fourth-order valence-electron chi connectivity index (χ4n) is 2.00. The van der Waals surface area contributed by atoms with Gasteiger partial charge in [0.05, 0.1) is 35.8 Å². The highest BCUT2D eigenvalue weighted by Gasteiger charge is 2.32. The van der Waals surface area contributed by atoms with Crippen molar-refractivity contribution in [3.63, 3.8) is 0 Å². The molecule has 3 N–H and O–H groups in total. The summed E-state index contributed by atoms with van der Waals surface area (Å²) >= 11 is 1.35. The van der Waals surface area contributed by atoms with Crippen LogP contribution in [0.25, 0.3) is 0 Å². The Balaban J connectivity index is 2.43. The van der Waals surface area contributed by atoms with E-state index in [1.54, 1.807) is 13.0 Å². The largest absolute Gasteiger partial charge is 0.478 e. The maximum Gasteiger partial charge on any atom is 0.335 e. The molecular weight excluding hydrogens is 282 g/mol. The molecule has 6 nitrogen and oxygen atoms in total. The van der Waals surface area contributed by atoms with Crippen molar-refractivity contribution in [2.45, 2.75) is 23.2 Å². The number of carbonyl (C=O) groups excluding carboxylic acids is 1. The number of anilines is 1. The molecule has 0 spiro atoms. The summed E-state index contributed by atoms with van der Waals surface area (Å²) in [5.41, 5.74) is 0.542. The molecule has 0 saturated heterocycles. The number of thioether (sulfide) groups is 1. The molecule has 7 heteroatoms. The van der Waals surface area contributed by atoms with E-state index in [1.807, 2.05) is 0 Å². The lowest BCUT2D eigenvalue weighted by Crippen LogP contribution is -2.44. The number of carboxylic acid groups (broad SMARTS) is 1. The van der Waals surface area contributed by atoms with Crippen LogP contribution < -0.4 is 4.90 Å². The third-order valence-electron chi connectivity index (χ3n) is 3.02. The number of nitrogens with zero attached hydrogens (tertiary/aromatic N) is 1. The molecule has 0 fully saturated rings. The molecule has 0 saturated carbocycles. The van der Waals surface area contributed by atoms with Crippen molar-refractivity contribution in [1.29, 1.82) is 0 Å². The summed E-state index contributed by atoms with van der Waals surface area (Å²) in [5, 5.41) is 27.2. The van der Waals surface area contributed by atoms with Gasteiger partial charge in [-0.15, -0.1) is 11.8 Å². The first-order chi connectivity index (χ1) is 9.43. The number of aromatic carboxylic acids is 1.